The van der Waals surface area contributed by atoms with Crippen molar-refractivity contribution in [3.8, 4) is 0 Å². The largest absolute Gasteiger partial charge is 0.355 e. The molecule has 0 radical (unpaired) electrons. The van der Waals surface area contributed by atoms with E-state index in [2.05, 4.69) is 5.32 Å². The van der Waals surface area contributed by atoms with Crippen LogP contribution in [0.3, 0.4) is 0 Å². The van der Waals surface area contributed by atoms with Crippen LogP contribution in [0.4, 0.5) is 0 Å². The standard InChI is InChI=1S/C18H18Cl3NOS/c19-14-8-6-13(7-9-14)3-2-10-22-18(23)12-24-11-15-16(20)4-1-5-17(15)21/h1,4-9H,2-3,10-12H2,(H,22,23). The molecule has 0 heterocycles. The van der Waals surface area contributed by atoms with E-state index in [4.69, 9.17) is 34.8 Å². The highest BCUT2D eigenvalue weighted by Crippen LogP contribution is 2.28. The van der Waals surface area contributed by atoms with E-state index in [0.717, 1.165) is 23.4 Å². The number of hydrogen-bond donors (Lipinski definition) is 1. The third kappa shape index (κ3) is 6.56. The number of carbonyl (C=O) groups excluding carboxylic acids is 1. The summed E-state index contributed by atoms with van der Waals surface area (Å²) in [6, 6.07) is 13.2. The number of amides is 1. The lowest BCUT2D eigenvalue weighted by atomic mass is 10.1. The third-order valence-electron chi connectivity index (χ3n) is 3.42. The molecule has 0 bridgehead atoms. The van der Waals surface area contributed by atoms with Crippen LogP contribution >= 0.6 is 46.6 Å². The highest BCUT2D eigenvalue weighted by Gasteiger charge is 2.07. The quantitative estimate of drug-likeness (QED) is 0.580. The van der Waals surface area contributed by atoms with Crippen LogP contribution in [0.2, 0.25) is 15.1 Å². The lowest BCUT2D eigenvalue weighted by Crippen LogP contribution is -2.26. The minimum atomic E-state index is 0.0271. The number of halogens is 3. The molecule has 1 amide bonds. The van der Waals surface area contributed by atoms with Crippen molar-refractivity contribution >= 4 is 52.5 Å². The van der Waals surface area contributed by atoms with Gasteiger partial charge >= 0.3 is 0 Å². The predicted molar refractivity (Wildman–Crippen MR) is 105 cm³/mol. The van der Waals surface area contributed by atoms with E-state index < -0.39 is 0 Å². The summed E-state index contributed by atoms with van der Waals surface area (Å²) in [5.41, 5.74) is 2.10. The first-order chi connectivity index (χ1) is 11.6. The van der Waals surface area contributed by atoms with Gasteiger partial charge in [0.2, 0.25) is 5.91 Å². The first-order valence-corrected chi connectivity index (χ1v) is 9.87. The van der Waals surface area contributed by atoms with Gasteiger partial charge in [-0.3, -0.25) is 4.79 Å². The fourth-order valence-corrected chi connectivity index (χ4v) is 3.86. The van der Waals surface area contributed by atoms with Crippen molar-refractivity contribution in [1.82, 2.24) is 5.32 Å². The molecule has 0 saturated heterocycles. The van der Waals surface area contributed by atoms with Crippen molar-refractivity contribution in [3.63, 3.8) is 0 Å². The number of benzene rings is 2. The maximum absolute atomic E-state index is 11.8. The molecule has 0 unspecified atom stereocenters. The molecule has 0 aliphatic carbocycles. The molecule has 1 N–H and O–H groups in total. The molecule has 0 aliphatic heterocycles. The zero-order valence-corrected chi connectivity index (χ0v) is 16.1. The van der Waals surface area contributed by atoms with Crippen molar-refractivity contribution in [2.75, 3.05) is 12.3 Å². The fourth-order valence-electron chi connectivity index (χ4n) is 2.14. The number of thioether (sulfide) groups is 1. The van der Waals surface area contributed by atoms with Crippen molar-refractivity contribution in [2.45, 2.75) is 18.6 Å². The smallest absolute Gasteiger partial charge is 0.230 e. The summed E-state index contributed by atoms with van der Waals surface area (Å²) >= 11 is 19.6. The first-order valence-electron chi connectivity index (χ1n) is 7.58. The van der Waals surface area contributed by atoms with E-state index >= 15 is 0 Å². The maximum Gasteiger partial charge on any atom is 0.230 e. The van der Waals surface area contributed by atoms with Gasteiger partial charge in [0.15, 0.2) is 0 Å². The average molecular weight is 403 g/mol. The van der Waals surface area contributed by atoms with Crippen molar-refractivity contribution in [1.29, 1.82) is 0 Å². The Morgan fingerprint density at radius 2 is 1.67 bits per heavy atom. The second kappa shape index (κ2) is 10.2. The predicted octanol–water partition coefficient (Wildman–Crippen LogP) is 5.63. The molecule has 2 aromatic carbocycles. The minimum Gasteiger partial charge on any atom is -0.355 e. The molecule has 0 aromatic heterocycles. The lowest BCUT2D eigenvalue weighted by Gasteiger charge is -2.08. The van der Waals surface area contributed by atoms with Crippen LogP contribution in [0.5, 0.6) is 0 Å². The van der Waals surface area contributed by atoms with E-state index in [1.165, 1.54) is 17.3 Å². The lowest BCUT2D eigenvalue weighted by molar-refractivity contribution is -0.118. The molecule has 2 aromatic rings. The van der Waals surface area contributed by atoms with Gasteiger partial charge in [0.1, 0.15) is 0 Å². The van der Waals surface area contributed by atoms with Gasteiger partial charge in [0, 0.05) is 27.4 Å². The van der Waals surface area contributed by atoms with E-state index in [1.54, 1.807) is 12.1 Å². The third-order valence-corrected chi connectivity index (χ3v) is 5.34. The van der Waals surface area contributed by atoms with Crippen LogP contribution in [0, 0.1) is 0 Å². The Labute approximate surface area is 161 Å². The van der Waals surface area contributed by atoms with Gasteiger partial charge in [-0.15, -0.1) is 11.8 Å². The SMILES string of the molecule is O=C(CSCc1c(Cl)cccc1Cl)NCCCc1ccc(Cl)cc1. The molecular formula is C18H18Cl3NOS. The Bertz CT molecular complexity index is 656. The van der Waals surface area contributed by atoms with Crippen LogP contribution in [0.25, 0.3) is 0 Å². The zero-order chi connectivity index (χ0) is 17.4. The van der Waals surface area contributed by atoms with E-state index in [0.29, 0.717) is 28.1 Å². The van der Waals surface area contributed by atoms with Gasteiger partial charge < -0.3 is 5.32 Å². The molecule has 0 saturated carbocycles. The molecule has 6 heteroatoms. The summed E-state index contributed by atoms with van der Waals surface area (Å²) in [6.07, 6.45) is 1.81. The average Bonchev–Trinajstić information content (AvgIpc) is 2.56. The summed E-state index contributed by atoms with van der Waals surface area (Å²) in [5, 5.41) is 4.94. The summed E-state index contributed by atoms with van der Waals surface area (Å²) in [7, 11) is 0. The Kier molecular flexibility index (Phi) is 8.26. The normalized spacial score (nSPS) is 10.6. The number of rotatable bonds is 8. The fraction of sp³-hybridized carbons (Fsp3) is 0.278. The van der Waals surface area contributed by atoms with Gasteiger partial charge in [-0.05, 0) is 48.2 Å². The van der Waals surface area contributed by atoms with Gasteiger partial charge in [-0.2, -0.15) is 0 Å². The minimum absolute atomic E-state index is 0.0271. The Morgan fingerprint density at radius 3 is 2.33 bits per heavy atom. The molecular weight excluding hydrogens is 385 g/mol. The highest BCUT2D eigenvalue weighted by atomic mass is 35.5. The van der Waals surface area contributed by atoms with Crippen molar-refractivity contribution in [2.24, 2.45) is 0 Å². The monoisotopic (exact) mass is 401 g/mol. The van der Waals surface area contributed by atoms with Crippen LogP contribution < -0.4 is 5.32 Å². The molecule has 0 spiro atoms. The van der Waals surface area contributed by atoms with Crippen molar-refractivity contribution < 1.29 is 4.79 Å². The summed E-state index contributed by atoms with van der Waals surface area (Å²) in [4.78, 5) is 11.8. The molecule has 0 atom stereocenters. The van der Waals surface area contributed by atoms with E-state index in [9.17, 15) is 4.79 Å². The summed E-state index contributed by atoms with van der Waals surface area (Å²) in [6.45, 7) is 0.662. The van der Waals surface area contributed by atoms with E-state index in [-0.39, 0.29) is 5.91 Å². The number of carbonyl (C=O) groups is 1. The van der Waals surface area contributed by atoms with Gasteiger partial charge in [0.25, 0.3) is 0 Å². The van der Waals surface area contributed by atoms with Gasteiger partial charge in [-0.1, -0.05) is 53.0 Å². The number of aryl methyl sites for hydroxylation is 1. The number of hydrogen-bond acceptors (Lipinski definition) is 2. The van der Waals surface area contributed by atoms with Crippen LogP contribution in [0.1, 0.15) is 17.5 Å². The first kappa shape index (κ1) is 19.5. The molecule has 2 rings (SSSR count). The Balaban J connectivity index is 1.62. The van der Waals surface area contributed by atoms with Crippen LogP contribution in [-0.2, 0) is 17.0 Å². The Morgan fingerprint density at radius 1 is 1.00 bits per heavy atom. The van der Waals surface area contributed by atoms with Crippen molar-refractivity contribution in [3.05, 3.63) is 68.7 Å². The second-order valence-corrected chi connectivity index (χ2v) is 7.51. The van der Waals surface area contributed by atoms with Gasteiger partial charge in [-0.25, -0.2) is 0 Å². The molecule has 0 fully saturated rings. The topological polar surface area (TPSA) is 29.1 Å². The van der Waals surface area contributed by atoms with Crippen LogP contribution in [-0.4, -0.2) is 18.2 Å². The Hall–Kier alpha value is -0.870. The summed E-state index contributed by atoms with van der Waals surface area (Å²) in [5.74, 6) is 1.04. The van der Waals surface area contributed by atoms with Crippen LogP contribution in [0.15, 0.2) is 42.5 Å². The molecule has 2 nitrogen and oxygen atoms in total. The highest BCUT2D eigenvalue weighted by molar-refractivity contribution is 7.99. The van der Waals surface area contributed by atoms with Gasteiger partial charge in [0.05, 0.1) is 5.75 Å². The van der Waals surface area contributed by atoms with E-state index in [1.807, 2.05) is 30.3 Å². The molecule has 0 aliphatic rings. The zero-order valence-electron chi connectivity index (χ0n) is 13.0. The molecule has 128 valence electrons. The molecule has 24 heavy (non-hydrogen) atoms. The maximum atomic E-state index is 11.8. The number of nitrogens with one attached hydrogen (secondary N) is 1. The summed E-state index contributed by atoms with van der Waals surface area (Å²) < 4.78 is 0. The second-order valence-electron chi connectivity index (χ2n) is 5.27.